The molecule has 2 heterocycles. The summed E-state index contributed by atoms with van der Waals surface area (Å²) in [5.41, 5.74) is 0. The Morgan fingerprint density at radius 2 is 2.03 bits per heavy atom. The zero-order chi connectivity index (χ0) is 22.3. The summed E-state index contributed by atoms with van der Waals surface area (Å²) in [7, 11) is -3.17. The minimum absolute atomic E-state index is 0.0552. The fourth-order valence-corrected chi connectivity index (χ4v) is 6.20. The van der Waals surface area contributed by atoms with E-state index < -0.39 is 22.0 Å². The van der Waals surface area contributed by atoms with Gasteiger partial charge in [-0.15, -0.1) is 0 Å². The van der Waals surface area contributed by atoms with Crippen molar-refractivity contribution in [3.63, 3.8) is 0 Å². The van der Waals surface area contributed by atoms with Gasteiger partial charge in [0.1, 0.15) is 17.3 Å². The van der Waals surface area contributed by atoms with Gasteiger partial charge in [0, 0.05) is 17.0 Å². The lowest BCUT2D eigenvalue weighted by Gasteiger charge is -2.30. The van der Waals surface area contributed by atoms with Crippen LogP contribution in [0.2, 0.25) is 10.0 Å². The molecule has 0 bridgehead atoms. The second-order valence-electron chi connectivity index (χ2n) is 8.48. The van der Waals surface area contributed by atoms with Gasteiger partial charge in [-0.05, 0) is 56.0 Å². The third kappa shape index (κ3) is 5.21. The molecule has 31 heavy (non-hydrogen) atoms. The van der Waals surface area contributed by atoms with Crippen LogP contribution in [0.25, 0.3) is 0 Å². The first-order valence-electron chi connectivity index (χ1n) is 10.3. The molecule has 1 amide bonds. The molecule has 1 aliphatic heterocycles. The van der Waals surface area contributed by atoms with E-state index in [0.717, 1.165) is 12.2 Å². The van der Waals surface area contributed by atoms with Gasteiger partial charge in [0.15, 0.2) is 15.9 Å². The molecule has 4 rings (SSSR count). The Bertz CT molecular complexity index is 1080. The summed E-state index contributed by atoms with van der Waals surface area (Å²) < 4.78 is 35.9. The van der Waals surface area contributed by atoms with Gasteiger partial charge < -0.3 is 14.1 Å². The highest BCUT2D eigenvalue weighted by Gasteiger charge is 2.39. The Hall–Kier alpha value is -1.70. The van der Waals surface area contributed by atoms with Gasteiger partial charge in [-0.1, -0.05) is 30.1 Å². The minimum Gasteiger partial charge on any atom is -0.479 e. The molecule has 0 N–H and O–H groups in total. The van der Waals surface area contributed by atoms with E-state index in [9.17, 15) is 13.2 Å². The zero-order valence-corrected chi connectivity index (χ0v) is 19.7. The van der Waals surface area contributed by atoms with Crippen molar-refractivity contribution in [3.8, 4) is 5.75 Å². The van der Waals surface area contributed by atoms with Crippen LogP contribution in [0.5, 0.6) is 5.75 Å². The molecule has 6 nitrogen and oxygen atoms in total. The van der Waals surface area contributed by atoms with E-state index in [1.165, 1.54) is 0 Å². The highest BCUT2D eigenvalue weighted by Crippen LogP contribution is 2.47. The van der Waals surface area contributed by atoms with Crippen molar-refractivity contribution in [3.05, 3.63) is 51.9 Å². The molecule has 1 aliphatic carbocycles. The van der Waals surface area contributed by atoms with Crippen LogP contribution in [-0.2, 0) is 21.2 Å². The van der Waals surface area contributed by atoms with Gasteiger partial charge in [-0.2, -0.15) is 0 Å². The van der Waals surface area contributed by atoms with Gasteiger partial charge in [-0.3, -0.25) is 4.79 Å². The molecule has 168 valence electrons. The van der Waals surface area contributed by atoms with E-state index in [2.05, 4.69) is 6.92 Å². The van der Waals surface area contributed by atoms with E-state index in [1.54, 1.807) is 30.0 Å². The predicted octanol–water partition coefficient (Wildman–Crippen LogP) is 4.69. The summed E-state index contributed by atoms with van der Waals surface area (Å²) in [6, 6.07) is 8.17. The van der Waals surface area contributed by atoms with Crippen LogP contribution >= 0.6 is 23.2 Å². The number of nitrogens with zero attached hydrogens (tertiary/aromatic N) is 1. The molecule has 1 saturated heterocycles. The molecule has 4 atom stereocenters. The number of sulfone groups is 1. The van der Waals surface area contributed by atoms with Crippen molar-refractivity contribution < 1.29 is 22.4 Å². The maximum Gasteiger partial charge on any atom is 0.264 e. The van der Waals surface area contributed by atoms with Crippen LogP contribution in [0.4, 0.5) is 0 Å². The highest BCUT2D eigenvalue weighted by molar-refractivity contribution is 7.91. The minimum atomic E-state index is -3.17. The molecular weight excluding hydrogens is 461 g/mol. The highest BCUT2D eigenvalue weighted by atomic mass is 35.5. The first-order chi connectivity index (χ1) is 14.6. The second kappa shape index (κ2) is 8.68. The van der Waals surface area contributed by atoms with Crippen molar-refractivity contribution in [2.45, 2.75) is 51.3 Å². The van der Waals surface area contributed by atoms with Crippen molar-refractivity contribution in [2.24, 2.45) is 5.92 Å². The molecule has 1 saturated carbocycles. The third-order valence-corrected chi connectivity index (χ3v) is 8.24. The van der Waals surface area contributed by atoms with Crippen LogP contribution < -0.4 is 4.74 Å². The average Bonchev–Trinajstić information content (AvgIpc) is 3.09. The van der Waals surface area contributed by atoms with E-state index in [4.69, 9.17) is 32.4 Å². The van der Waals surface area contributed by atoms with Gasteiger partial charge in [0.25, 0.3) is 5.91 Å². The van der Waals surface area contributed by atoms with Crippen molar-refractivity contribution in [1.82, 2.24) is 4.90 Å². The number of halogens is 2. The second-order valence-corrected chi connectivity index (χ2v) is 11.6. The van der Waals surface area contributed by atoms with Gasteiger partial charge >= 0.3 is 0 Å². The Morgan fingerprint density at radius 1 is 1.29 bits per heavy atom. The van der Waals surface area contributed by atoms with Crippen molar-refractivity contribution in [1.29, 1.82) is 0 Å². The number of amides is 1. The first-order valence-corrected chi connectivity index (χ1v) is 12.9. The molecule has 0 spiro atoms. The number of rotatable bonds is 7. The quantitative estimate of drug-likeness (QED) is 0.568. The average molecular weight is 486 g/mol. The summed E-state index contributed by atoms with van der Waals surface area (Å²) in [6.45, 7) is 4.00. The van der Waals surface area contributed by atoms with Gasteiger partial charge in [-0.25, -0.2) is 8.42 Å². The number of ether oxygens (including phenoxy) is 1. The molecule has 0 radical (unpaired) electrons. The third-order valence-electron chi connectivity index (χ3n) is 5.96. The molecular formula is C22H25Cl2NO5S. The fraction of sp³-hybridized carbons (Fsp3) is 0.500. The smallest absolute Gasteiger partial charge is 0.264 e. The first kappa shape index (κ1) is 22.5. The van der Waals surface area contributed by atoms with Crippen molar-refractivity contribution >= 4 is 38.9 Å². The summed E-state index contributed by atoms with van der Waals surface area (Å²) in [5, 5.41) is 0.768. The van der Waals surface area contributed by atoms with Gasteiger partial charge in [0.05, 0.1) is 23.1 Å². The number of furan rings is 1. The standard InChI is InChI=1S/C22H25Cl2NO5S/c1-13-9-18(13)20-6-4-17(30-20)11-25(16-7-8-31(27,28)12-16)22(26)14(2)29-21-5-3-15(23)10-19(21)24/h3-6,10,13-14,16,18H,7-9,11-12H2,1-2H3. The molecule has 9 heteroatoms. The number of hydrogen-bond donors (Lipinski definition) is 0. The summed E-state index contributed by atoms with van der Waals surface area (Å²) >= 11 is 12.1. The van der Waals surface area contributed by atoms with Crippen LogP contribution in [-0.4, -0.2) is 42.9 Å². The van der Waals surface area contributed by atoms with Crippen LogP contribution in [0.15, 0.2) is 34.7 Å². The monoisotopic (exact) mass is 485 g/mol. The number of hydrogen-bond acceptors (Lipinski definition) is 5. The lowest BCUT2D eigenvalue weighted by Crippen LogP contribution is -2.46. The van der Waals surface area contributed by atoms with E-state index in [1.807, 2.05) is 12.1 Å². The van der Waals surface area contributed by atoms with Crippen LogP contribution in [0, 0.1) is 5.92 Å². The SMILES string of the molecule is CC(Oc1ccc(Cl)cc1Cl)C(=O)N(Cc1ccc(C2CC2C)o1)C1CCS(=O)(=O)C1. The number of benzene rings is 1. The van der Waals surface area contributed by atoms with Crippen molar-refractivity contribution in [2.75, 3.05) is 11.5 Å². The van der Waals surface area contributed by atoms with E-state index in [0.29, 0.717) is 39.8 Å². The number of carbonyl (C=O) groups is 1. The Kier molecular flexibility index (Phi) is 6.30. The van der Waals surface area contributed by atoms with E-state index >= 15 is 0 Å². The summed E-state index contributed by atoms with van der Waals surface area (Å²) in [4.78, 5) is 14.9. The normalized spacial score (nSPS) is 25.2. The molecule has 2 aromatic rings. The molecule has 2 aliphatic rings. The lowest BCUT2D eigenvalue weighted by atomic mass is 10.2. The largest absolute Gasteiger partial charge is 0.479 e. The summed E-state index contributed by atoms with van der Waals surface area (Å²) in [5.74, 6) is 2.64. The topological polar surface area (TPSA) is 76.8 Å². The van der Waals surface area contributed by atoms with Gasteiger partial charge in [0.2, 0.25) is 0 Å². The fourth-order valence-electron chi connectivity index (χ4n) is 4.02. The Labute approximate surface area is 192 Å². The molecule has 2 fully saturated rings. The lowest BCUT2D eigenvalue weighted by molar-refractivity contribution is -0.140. The maximum absolute atomic E-state index is 13.3. The van der Waals surface area contributed by atoms with Crippen LogP contribution in [0.3, 0.4) is 0 Å². The van der Waals surface area contributed by atoms with E-state index in [-0.39, 0.29) is 24.0 Å². The molecule has 1 aromatic carbocycles. The Balaban J connectivity index is 1.52. The summed E-state index contributed by atoms with van der Waals surface area (Å²) in [6.07, 6.45) is 0.638. The molecule has 1 aromatic heterocycles. The Morgan fingerprint density at radius 3 is 2.65 bits per heavy atom. The predicted molar refractivity (Wildman–Crippen MR) is 119 cm³/mol. The zero-order valence-electron chi connectivity index (χ0n) is 17.4. The maximum atomic E-state index is 13.3. The molecule has 4 unspecified atom stereocenters. The van der Waals surface area contributed by atoms with Crippen LogP contribution in [0.1, 0.15) is 44.1 Å². The number of carbonyl (C=O) groups excluding carboxylic acids is 1.